The van der Waals surface area contributed by atoms with Crippen LogP contribution >= 0.6 is 0 Å². The lowest BCUT2D eigenvalue weighted by Gasteiger charge is -2.15. The second-order valence-electron chi connectivity index (χ2n) is 2.60. The highest BCUT2D eigenvalue weighted by Crippen LogP contribution is 2.14. The van der Waals surface area contributed by atoms with Gasteiger partial charge in [0.2, 0.25) is 0 Å². The quantitative estimate of drug-likeness (QED) is 0.673. The van der Waals surface area contributed by atoms with Gasteiger partial charge in [-0.15, -0.1) is 0 Å². The standard InChI is InChI=1S/C8H13N3/c1-11(2)8-6-10-4-3-7(8)5-9/h3-4,6H,5,9H2,1-2H3. The highest BCUT2D eigenvalue weighted by atomic mass is 15.1. The van der Waals surface area contributed by atoms with Crippen molar-refractivity contribution < 1.29 is 0 Å². The Morgan fingerprint density at radius 3 is 2.73 bits per heavy atom. The minimum atomic E-state index is 0.566. The van der Waals surface area contributed by atoms with Gasteiger partial charge in [-0.3, -0.25) is 4.98 Å². The molecule has 0 saturated carbocycles. The van der Waals surface area contributed by atoms with Gasteiger partial charge in [-0.2, -0.15) is 0 Å². The lowest BCUT2D eigenvalue weighted by molar-refractivity contribution is 1.01. The van der Waals surface area contributed by atoms with Crippen LogP contribution in [0.15, 0.2) is 18.5 Å². The van der Waals surface area contributed by atoms with E-state index in [1.54, 1.807) is 6.20 Å². The summed E-state index contributed by atoms with van der Waals surface area (Å²) in [5.74, 6) is 0. The molecule has 1 rings (SSSR count). The van der Waals surface area contributed by atoms with Crippen molar-refractivity contribution in [3.63, 3.8) is 0 Å². The summed E-state index contributed by atoms with van der Waals surface area (Å²) in [5, 5.41) is 0. The minimum absolute atomic E-state index is 0.566. The van der Waals surface area contributed by atoms with Crippen LogP contribution < -0.4 is 10.6 Å². The van der Waals surface area contributed by atoms with Crippen molar-refractivity contribution in [1.29, 1.82) is 0 Å². The summed E-state index contributed by atoms with van der Waals surface area (Å²) >= 11 is 0. The highest BCUT2D eigenvalue weighted by molar-refractivity contribution is 5.49. The number of rotatable bonds is 2. The normalized spacial score (nSPS) is 9.73. The van der Waals surface area contributed by atoms with Gasteiger partial charge in [-0.05, 0) is 11.6 Å². The zero-order valence-corrected chi connectivity index (χ0v) is 6.91. The first kappa shape index (κ1) is 8.01. The first-order chi connectivity index (χ1) is 5.25. The molecule has 0 amide bonds. The number of hydrogen-bond donors (Lipinski definition) is 1. The van der Waals surface area contributed by atoms with Crippen molar-refractivity contribution in [3.8, 4) is 0 Å². The number of anilines is 1. The van der Waals surface area contributed by atoms with Gasteiger partial charge in [0, 0.05) is 26.8 Å². The fraction of sp³-hybridized carbons (Fsp3) is 0.375. The largest absolute Gasteiger partial charge is 0.376 e. The number of nitrogens with zero attached hydrogens (tertiary/aromatic N) is 2. The minimum Gasteiger partial charge on any atom is -0.376 e. The van der Waals surface area contributed by atoms with Crippen LogP contribution in [0.1, 0.15) is 5.56 Å². The van der Waals surface area contributed by atoms with E-state index in [-0.39, 0.29) is 0 Å². The number of nitrogens with two attached hydrogens (primary N) is 1. The van der Waals surface area contributed by atoms with Crippen LogP contribution in [-0.4, -0.2) is 19.1 Å². The molecule has 0 fully saturated rings. The summed E-state index contributed by atoms with van der Waals surface area (Å²) in [5.41, 5.74) is 7.76. The first-order valence-corrected chi connectivity index (χ1v) is 3.56. The lowest BCUT2D eigenvalue weighted by Crippen LogP contribution is -2.13. The molecule has 0 bridgehead atoms. The molecule has 0 atom stereocenters. The molecule has 0 aliphatic rings. The molecule has 0 spiro atoms. The number of hydrogen-bond acceptors (Lipinski definition) is 3. The Labute approximate surface area is 66.8 Å². The Bertz CT molecular complexity index is 233. The maximum Gasteiger partial charge on any atom is 0.0593 e. The molecule has 60 valence electrons. The second kappa shape index (κ2) is 3.34. The average Bonchev–Trinajstić information content (AvgIpc) is 2.04. The molecule has 1 aromatic rings. The van der Waals surface area contributed by atoms with Gasteiger partial charge in [0.05, 0.1) is 11.9 Å². The van der Waals surface area contributed by atoms with E-state index in [2.05, 4.69) is 4.98 Å². The predicted molar refractivity (Wildman–Crippen MR) is 46.5 cm³/mol. The molecular weight excluding hydrogens is 138 g/mol. The zero-order valence-electron chi connectivity index (χ0n) is 6.91. The molecule has 2 N–H and O–H groups in total. The van der Waals surface area contributed by atoms with E-state index in [1.807, 2.05) is 31.3 Å². The van der Waals surface area contributed by atoms with Crippen LogP contribution in [0.2, 0.25) is 0 Å². The Morgan fingerprint density at radius 1 is 1.55 bits per heavy atom. The predicted octanol–water partition coefficient (Wildman–Crippen LogP) is 0.606. The summed E-state index contributed by atoms with van der Waals surface area (Å²) < 4.78 is 0. The molecule has 1 aromatic heterocycles. The second-order valence-corrected chi connectivity index (χ2v) is 2.60. The summed E-state index contributed by atoms with van der Waals surface area (Å²) in [6.45, 7) is 0.566. The maximum absolute atomic E-state index is 5.53. The van der Waals surface area contributed by atoms with Crippen LogP contribution in [0, 0.1) is 0 Å². The van der Waals surface area contributed by atoms with E-state index in [0.29, 0.717) is 6.54 Å². The maximum atomic E-state index is 5.53. The van der Waals surface area contributed by atoms with Crippen molar-refractivity contribution in [2.24, 2.45) is 5.73 Å². The molecule has 0 saturated heterocycles. The SMILES string of the molecule is CN(C)c1cnccc1CN. The number of aromatic nitrogens is 1. The summed E-state index contributed by atoms with van der Waals surface area (Å²) in [6, 6.07) is 1.94. The van der Waals surface area contributed by atoms with E-state index in [9.17, 15) is 0 Å². The molecule has 1 heterocycles. The van der Waals surface area contributed by atoms with Crippen molar-refractivity contribution >= 4 is 5.69 Å². The fourth-order valence-corrected chi connectivity index (χ4v) is 0.990. The van der Waals surface area contributed by atoms with E-state index in [0.717, 1.165) is 11.3 Å². The van der Waals surface area contributed by atoms with Crippen molar-refractivity contribution in [1.82, 2.24) is 4.98 Å². The summed E-state index contributed by atoms with van der Waals surface area (Å²) in [7, 11) is 3.96. The number of pyridine rings is 1. The monoisotopic (exact) mass is 151 g/mol. The van der Waals surface area contributed by atoms with Gasteiger partial charge in [-0.1, -0.05) is 0 Å². The third-order valence-corrected chi connectivity index (χ3v) is 1.59. The Hall–Kier alpha value is -1.09. The van der Waals surface area contributed by atoms with Crippen LogP contribution in [0.4, 0.5) is 5.69 Å². The smallest absolute Gasteiger partial charge is 0.0593 e. The Balaban J connectivity index is 3.02. The summed E-state index contributed by atoms with van der Waals surface area (Å²) in [4.78, 5) is 6.03. The summed E-state index contributed by atoms with van der Waals surface area (Å²) in [6.07, 6.45) is 3.58. The molecular formula is C8H13N3. The van der Waals surface area contributed by atoms with E-state index in [4.69, 9.17) is 5.73 Å². The highest BCUT2D eigenvalue weighted by Gasteiger charge is 2.00. The van der Waals surface area contributed by atoms with E-state index in [1.165, 1.54) is 0 Å². The van der Waals surface area contributed by atoms with Gasteiger partial charge in [-0.25, -0.2) is 0 Å². The molecule has 0 aromatic carbocycles. The average molecular weight is 151 g/mol. The van der Waals surface area contributed by atoms with Gasteiger partial charge in [0.15, 0.2) is 0 Å². The fourth-order valence-electron chi connectivity index (χ4n) is 0.990. The van der Waals surface area contributed by atoms with Gasteiger partial charge >= 0.3 is 0 Å². The molecule has 3 heteroatoms. The molecule has 3 nitrogen and oxygen atoms in total. The molecule has 11 heavy (non-hydrogen) atoms. The first-order valence-electron chi connectivity index (χ1n) is 3.56. The van der Waals surface area contributed by atoms with Crippen LogP contribution in [0.5, 0.6) is 0 Å². The van der Waals surface area contributed by atoms with E-state index < -0.39 is 0 Å². The Morgan fingerprint density at radius 2 is 2.27 bits per heavy atom. The third-order valence-electron chi connectivity index (χ3n) is 1.59. The zero-order chi connectivity index (χ0) is 8.27. The van der Waals surface area contributed by atoms with Crippen LogP contribution in [0.3, 0.4) is 0 Å². The molecule has 0 radical (unpaired) electrons. The van der Waals surface area contributed by atoms with Gasteiger partial charge in [0.1, 0.15) is 0 Å². The van der Waals surface area contributed by atoms with Crippen LogP contribution in [-0.2, 0) is 6.54 Å². The molecule has 0 aliphatic carbocycles. The van der Waals surface area contributed by atoms with E-state index >= 15 is 0 Å². The van der Waals surface area contributed by atoms with Gasteiger partial charge < -0.3 is 10.6 Å². The van der Waals surface area contributed by atoms with Crippen molar-refractivity contribution in [3.05, 3.63) is 24.0 Å². The molecule has 0 aliphatic heterocycles. The third kappa shape index (κ3) is 1.68. The van der Waals surface area contributed by atoms with Crippen LogP contribution in [0.25, 0.3) is 0 Å². The van der Waals surface area contributed by atoms with Crippen molar-refractivity contribution in [2.75, 3.05) is 19.0 Å². The Kier molecular flexibility index (Phi) is 2.44. The topological polar surface area (TPSA) is 42.2 Å². The molecule has 0 unspecified atom stereocenters. The lowest BCUT2D eigenvalue weighted by atomic mass is 10.2. The van der Waals surface area contributed by atoms with Crippen molar-refractivity contribution in [2.45, 2.75) is 6.54 Å². The van der Waals surface area contributed by atoms with Gasteiger partial charge in [0.25, 0.3) is 0 Å².